The number of hydrogen-bond donors (Lipinski definition) is 2. The third-order valence-electron chi connectivity index (χ3n) is 3.45. The van der Waals surface area contributed by atoms with Crippen LogP contribution in [0.3, 0.4) is 0 Å². The summed E-state index contributed by atoms with van der Waals surface area (Å²) in [6, 6.07) is -0.360. The van der Waals surface area contributed by atoms with Crippen LogP contribution in [-0.4, -0.2) is 35.7 Å². The minimum Gasteiger partial charge on any atom is -0.481 e. The molecule has 2 unspecified atom stereocenters. The molecule has 19 heavy (non-hydrogen) atoms. The van der Waals surface area contributed by atoms with Crippen molar-refractivity contribution in [2.45, 2.75) is 65.0 Å². The summed E-state index contributed by atoms with van der Waals surface area (Å²) < 4.78 is 5.52. The fraction of sp³-hybridized carbons (Fsp3) is 0.857. The van der Waals surface area contributed by atoms with Gasteiger partial charge in [0, 0.05) is 12.6 Å². The molecule has 1 aliphatic heterocycles. The summed E-state index contributed by atoms with van der Waals surface area (Å²) in [7, 11) is 0. The Balaban J connectivity index is 2.48. The molecule has 0 aromatic rings. The van der Waals surface area contributed by atoms with Gasteiger partial charge in [-0.2, -0.15) is 0 Å². The molecule has 1 aliphatic rings. The highest BCUT2D eigenvalue weighted by Crippen LogP contribution is 2.22. The van der Waals surface area contributed by atoms with Crippen LogP contribution in [0.5, 0.6) is 0 Å². The second-order valence-electron chi connectivity index (χ2n) is 6.28. The molecular formula is C14H25NO4. The second kappa shape index (κ2) is 6.89. The van der Waals surface area contributed by atoms with E-state index in [9.17, 15) is 9.59 Å². The molecule has 5 heteroatoms. The van der Waals surface area contributed by atoms with Crippen LogP contribution in [0.2, 0.25) is 0 Å². The Kier molecular flexibility index (Phi) is 5.79. The number of nitrogens with one attached hydrogen (secondary N) is 1. The normalized spacial score (nSPS) is 21.7. The highest BCUT2D eigenvalue weighted by molar-refractivity contribution is 5.78. The quantitative estimate of drug-likeness (QED) is 0.801. The average Bonchev–Trinajstić information content (AvgIpc) is 2.27. The van der Waals surface area contributed by atoms with Gasteiger partial charge in [-0.15, -0.1) is 0 Å². The van der Waals surface area contributed by atoms with Gasteiger partial charge in [0.25, 0.3) is 0 Å². The first-order valence-corrected chi connectivity index (χ1v) is 6.92. The molecule has 0 spiro atoms. The predicted octanol–water partition coefficient (Wildman–Crippen LogP) is 1.95. The summed E-state index contributed by atoms with van der Waals surface area (Å²) >= 11 is 0. The largest absolute Gasteiger partial charge is 0.481 e. The van der Waals surface area contributed by atoms with Crippen LogP contribution in [0.4, 0.5) is 0 Å². The number of carboxylic acid groups (broad SMARTS) is 1. The van der Waals surface area contributed by atoms with Crippen molar-refractivity contribution in [2.75, 3.05) is 6.61 Å². The third kappa shape index (κ3) is 6.05. The maximum atomic E-state index is 12.0. The van der Waals surface area contributed by atoms with Gasteiger partial charge in [0.1, 0.15) is 0 Å². The zero-order chi connectivity index (χ0) is 14.5. The van der Waals surface area contributed by atoms with E-state index in [0.29, 0.717) is 6.42 Å². The third-order valence-corrected chi connectivity index (χ3v) is 3.45. The number of carbonyl (C=O) groups excluding carboxylic acids is 1. The Morgan fingerprint density at radius 2 is 2.05 bits per heavy atom. The Labute approximate surface area is 114 Å². The summed E-state index contributed by atoms with van der Waals surface area (Å²) in [6.45, 7) is 6.50. The standard InChI is InChI=1S/C14H25NO4/c1-14(2,3)11(9-13(17)18)15-12(16)8-10-6-4-5-7-19-10/h10-11H,4-9H2,1-3H3,(H,15,16)(H,17,18). The van der Waals surface area contributed by atoms with Crippen molar-refractivity contribution in [1.82, 2.24) is 5.32 Å². The van der Waals surface area contributed by atoms with Gasteiger partial charge in [-0.25, -0.2) is 0 Å². The molecule has 1 heterocycles. The van der Waals surface area contributed by atoms with Gasteiger partial charge in [-0.3, -0.25) is 9.59 Å². The molecule has 0 aliphatic carbocycles. The molecule has 1 rings (SSSR count). The lowest BCUT2D eigenvalue weighted by Crippen LogP contribution is -2.46. The maximum absolute atomic E-state index is 12.0. The first-order chi connectivity index (χ1) is 8.79. The summed E-state index contributed by atoms with van der Waals surface area (Å²) in [5.74, 6) is -1.01. The Morgan fingerprint density at radius 3 is 2.53 bits per heavy atom. The number of hydrogen-bond acceptors (Lipinski definition) is 3. The van der Waals surface area contributed by atoms with Crippen LogP contribution in [0.15, 0.2) is 0 Å². The van der Waals surface area contributed by atoms with E-state index in [1.807, 2.05) is 20.8 Å². The van der Waals surface area contributed by atoms with E-state index in [-0.39, 0.29) is 29.9 Å². The highest BCUT2D eigenvalue weighted by atomic mass is 16.5. The number of amides is 1. The van der Waals surface area contributed by atoms with Gasteiger partial charge in [0.2, 0.25) is 5.91 Å². The zero-order valence-corrected chi connectivity index (χ0v) is 12.1. The smallest absolute Gasteiger partial charge is 0.305 e. The first-order valence-electron chi connectivity index (χ1n) is 6.92. The van der Waals surface area contributed by atoms with Crippen molar-refractivity contribution in [3.8, 4) is 0 Å². The fourth-order valence-electron chi connectivity index (χ4n) is 2.18. The molecule has 5 nitrogen and oxygen atoms in total. The molecule has 0 aromatic heterocycles. The van der Waals surface area contributed by atoms with E-state index in [0.717, 1.165) is 25.9 Å². The Hall–Kier alpha value is -1.10. The summed E-state index contributed by atoms with van der Waals surface area (Å²) in [4.78, 5) is 22.8. The van der Waals surface area contributed by atoms with Crippen molar-refractivity contribution in [3.05, 3.63) is 0 Å². The van der Waals surface area contributed by atoms with Crippen LogP contribution >= 0.6 is 0 Å². The van der Waals surface area contributed by atoms with Gasteiger partial charge < -0.3 is 15.2 Å². The van der Waals surface area contributed by atoms with Crippen molar-refractivity contribution in [3.63, 3.8) is 0 Å². The minimum atomic E-state index is -0.894. The lowest BCUT2D eigenvalue weighted by Gasteiger charge is -2.31. The van der Waals surface area contributed by atoms with Gasteiger partial charge in [-0.05, 0) is 24.7 Å². The highest BCUT2D eigenvalue weighted by Gasteiger charge is 2.29. The average molecular weight is 271 g/mol. The Morgan fingerprint density at radius 1 is 1.37 bits per heavy atom. The molecule has 0 radical (unpaired) electrons. The molecule has 1 fully saturated rings. The van der Waals surface area contributed by atoms with Gasteiger partial charge in [0.15, 0.2) is 0 Å². The van der Waals surface area contributed by atoms with E-state index >= 15 is 0 Å². The van der Waals surface area contributed by atoms with Gasteiger partial charge >= 0.3 is 5.97 Å². The topological polar surface area (TPSA) is 75.6 Å². The minimum absolute atomic E-state index is 0.0146. The molecule has 1 saturated heterocycles. The van der Waals surface area contributed by atoms with Crippen molar-refractivity contribution in [1.29, 1.82) is 0 Å². The zero-order valence-electron chi connectivity index (χ0n) is 12.1. The van der Waals surface area contributed by atoms with Crippen LogP contribution in [0.1, 0.15) is 52.9 Å². The second-order valence-corrected chi connectivity index (χ2v) is 6.28. The van der Waals surface area contributed by atoms with E-state index in [2.05, 4.69) is 5.32 Å². The van der Waals surface area contributed by atoms with Gasteiger partial charge in [0.05, 0.1) is 18.9 Å². The molecule has 110 valence electrons. The lowest BCUT2D eigenvalue weighted by molar-refractivity contribution is -0.138. The molecule has 0 bridgehead atoms. The number of ether oxygens (including phenoxy) is 1. The van der Waals surface area contributed by atoms with Crippen LogP contribution < -0.4 is 5.32 Å². The van der Waals surface area contributed by atoms with Crippen LogP contribution in [0, 0.1) is 5.41 Å². The molecule has 0 saturated carbocycles. The molecular weight excluding hydrogens is 246 g/mol. The van der Waals surface area contributed by atoms with E-state index in [1.165, 1.54) is 0 Å². The number of aliphatic carboxylic acids is 1. The molecule has 1 amide bonds. The molecule has 2 atom stereocenters. The van der Waals surface area contributed by atoms with Crippen molar-refractivity contribution in [2.24, 2.45) is 5.41 Å². The number of carbonyl (C=O) groups is 2. The fourth-order valence-corrected chi connectivity index (χ4v) is 2.18. The monoisotopic (exact) mass is 271 g/mol. The number of rotatable bonds is 5. The predicted molar refractivity (Wildman–Crippen MR) is 71.8 cm³/mol. The molecule has 0 aromatic carbocycles. The first kappa shape index (κ1) is 16.0. The van der Waals surface area contributed by atoms with E-state index < -0.39 is 5.97 Å². The maximum Gasteiger partial charge on any atom is 0.305 e. The SMILES string of the molecule is CC(C)(C)C(CC(=O)O)NC(=O)CC1CCCCO1. The van der Waals surface area contributed by atoms with E-state index in [4.69, 9.17) is 9.84 Å². The number of carboxylic acids is 1. The molecule has 2 N–H and O–H groups in total. The Bertz CT molecular complexity index is 316. The van der Waals surface area contributed by atoms with Crippen LogP contribution in [-0.2, 0) is 14.3 Å². The summed E-state index contributed by atoms with van der Waals surface area (Å²) in [5, 5.41) is 11.7. The van der Waals surface area contributed by atoms with Gasteiger partial charge in [-0.1, -0.05) is 20.8 Å². The summed E-state index contributed by atoms with van der Waals surface area (Å²) in [6.07, 6.45) is 3.32. The van der Waals surface area contributed by atoms with E-state index in [1.54, 1.807) is 0 Å². The van der Waals surface area contributed by atoms with Crippen molar-refractivity contribution >= 4 is 11.9 Å². The van der Waals surface area contributed by atoms with Crippen LogP contribution in [0.25, 0.3) is 0 Å². The van der Waals surface area contributed by atoms with Crippen molar-refractivity contribution < 1.29 is 19.4 Å². The lowest BCUT2D eigenvalue weighted by atomic mass is 9.84. The summed E-state index contributed by atoms with van der Waals surface area (Å²) in [5.41, 5.74) is -0.276.